The molecule has 4 aromatic rings. The highest BCUT2D eigenvalue weighted by Crippen LogP contribution is 2.23. The number of nitrogens with zero attached hydrogens (tertiary/aromatic N) is 6. The number of benzene rings is 2. The first-order chi connectivity index (χ1) is 17.8. The normalized spacial score (nSPS) is 13.7. The lowest BCUT2D eigenvalue weighted by Crippen LogP contribution is -2.49. The van der Waals surface area contributed by atoms with E-state index in [0.29, 0.717) is 18.8 Å². The first-order valence-electron chi connectivity index (χ1n) is 12.4. The number of aryl methyl sites for hydroxylation is 4. The van der Waals surface area contributed by atoms with Gasteiger partial charge in [-0.3, -0.25) is 9.59 Å². The van der Waals surface area contributed by atoms with Gasteiger partial charge < -0.3 is 14.3 Å². The van der Waals surface area contributed by atoms with Gasteiger partial charge in [-0.25, -0.2) is 4.68 Å². The van der Waals surface area contributed by atoms with E-state index >= 15 is 0 Å². The second kappa shape index (κ2) is 10.0. The van der Waals surface area contributed by atoms with E-state index in [4.69, 9.17) is 4.52 Å². The van der Waals surface area contributed by atoms with Gasteiger partial charge in [-0.1, -0.05) is 29.4 Å². The Hall–Kier alpha value is -4.27. The zero-order valence-corrected chi connectivity index (χ0v) is 21.6. The Kier molecular flexibility index (Phi) is 6.60. The molecule has 1 aliphatic heterocycles. The van der Waals surface area contributed by atoms with E-state index in [0.717, 1.165) is 24.2 Å². The lowest BCUT2D eigenvalue weighted by Gasteiger charge is -2.36. The summed E-state index contributed by atoms with van der Waals surface area (Å²) in [5.74, 6) is -0.152. The Morgan fingerprint density at radius 1 is 0.892 bits per heavy atom. The molecule has 0 radical (unpaired) electrons. The Labute approximate surface area is 215 Å². The molecule has 9 heteroatoms. The Bertz CT molecular complexity index is 1510. The Morgan fingerprint density at radius 3 is 2.41 bits per heavy atom. The minimum Gasteiger partial charge on any atom is -0.368 e. The zero-order chi connectivity index (χ0) is 26.1. The average Bonchev–Trinajstić information content (AvgIpc) is 3.37. The van der Waals surface area contributed by atoms with Crippen molar-refractivity contribution in [3.8, 4) is 11.3 Å². The maximum absolute atomic E-state index is 13.0. The predicted octanol–water partition coefficient (Wildman–Crippen LogP) is 3.54. The largest absolute Gasteiger partial charge is 0.368 e. The lowest BCUT2D eigenvalue weighted by molar-refractivity contribution is 0.0696. The SMILES string of the molecule is Cc1ccc(C)c(N2CCN(C(=O)c3nc(Cn4nc(-c5ccc(C)c(C)c5)ccc4=O)no3)CC2)c1. The fourth-order valence-corrected chi connectivity index (χ4v) is 4.50. The number of anilines is 1. The lowest BCUT2D eigenvalue weighted by atomic mass is 10.0. The predicted molar refractivity (Wildman–Crippen MR) is 141 cm³/mol. The van der Waals surface area contributed by atoms with E-state index < -0.39 is 0 Å². The van der Waals surface area contributed by atoms with Crippen LogP contribution in [0.5, 0.6) is 0 Å². The summed E-state index contributed by atoms with van der Waals surface area (Å²) in [5, 5.41) is 8.42. The van der Waals surface area contributed by atoms with Gasteiger partial charge in [0.1, 0.15) is 6.54 Å². The van der Waals surface area contributed by atoms with Crippen LogP contribution in [0.1, 0.15) is 38.8 Å². The van der Waals surface area contributed by atoms with E-state index in [1.165, 1.54) is 33.1 Å². The van der Waals surface area contributed by atoms with Gasteiger partial charge in [0.05, 0.1) is 5.69 Å². The van der Waals surface area contributed by atoms with E-state index in [1.807, 2.05) is 32.0 Å². The number of carbonyl (C=O) groups excluding carboxylic acids is 1. The summed E-state index contributed by atoms with van der Waals surface area (Å²) in [5.41, 5.74) is 7.27. The molecule has 0 N–H and O–H groups in total. The quantitative estimate of drug-likeness (QED) is 0.415. The molecule has 0 unspecified atom stereocenters. The van der Waals surface area contributed by atoms with Crippen molar-refractivity contribution in [2.75, 3.05) is 31.1 Å². The molecule has 0 spiro atoms. The molecule has 1 fully saturated rings. The average molecular weight is 499 g/mol. The minimum absolute atomic E-state index is 0.00864. The van der Waals surface area contributed by atoms with E-state index in [-0.39, 0.29) is 29.7 Å². The summed E-state index contributed by atoms with van der Waals surface area (Å²) in [6, 6.07) is 15.6. The van der Waals surface area contributed by atoms with Crippen molar-refractivity contribution in [2.24, 2.45) is 0 Å². The molecule has 1 aliphatic rings. The van der Waals surface area contributed by atoms with Crippen molar-refractivity contribution in [1.29, 1.82) is 0 Å². The third kappa shape index (κ3) is 5.16. The standard InChI is InChI=1S/C28H30N6O3/c1-18-5-6-20(3)24(15-18)32-11-13-33(14-12-32)28(36)27-29-25(31-37-27)17-34-26(35)10-9-23(30-34)22-8-7-19(2)21(4)16-22/h5-10,15-16H,11-14,17H2,1-4H3. The minimum atomic E-state index is -0.302. The number of aromatic nitrogens is 4. The number of amides is 1. The van der Waals surface area contributed by atoms with Gasteiger partial charge in [0.25, 0.3) is 5.56 Å². The second-order valence-electron chi connectivity index (χ2n) is 9.60. The molecule has 1 amide bonds. The number of carbonyl (C=O) groups is 1. The molecule has 3 heterocycles. The number of rotatable bonds is 5. The van der Waals surface area contributed by atoms with Gasteiger partial charge in [0.2, 0.25) is 0 Å². The van der Waals surface area contributed by atoms with Gasteiger partial charge in [-0.05, 0) is 68.1 Å². The fraction of sp³-hybridized carbons (Fsp3) is 0.321. The van der Waals surface area contributed by atoms with Crippen LogP contribution in [0.15, 0.2) is 57.8 Å². The van der Waals surface area contributed by atoms with Gasteiger partial charge in [-0.2, -0.15) is 10.1 Å². The van der Waals surface area contributed by atoms with Gasteiger partial charge in [0.15, 0.2) is 5.82 Å². The summed E-state index contributed by atoms with van der Waals surface area (Å²) in [6.45, 7) is 10.8. The Morgan fingerprint density at radius 2 is 1.65 bits per heavy atom. The first kappa shape index (κ1) is 24.4. The molecule has 2 aromatic heterocycles. The molecule has 0 atom stereocenters. The third-order valence-electron chi connectivity index (χ3n) is 6.88. The molecular formula is C28H30N6O3. The molecule has 37 heavy (non-hydrogen) atoms. The summed E-state index contributed by atoms with van der Waals surface area (Å²) in [7, 11) is 0. The van der Waals surface area contributed by atoms with E-state index in [9.17, 15) is 9.59 Å². The van der Waals surface area contributed by atoms with Crippen molar-refractivity contribution < 1.29 is 9.32 Å². The highest BCUT2D eigenvalue weighted by atomic mass is 16.5. The number of piperazine rings is 1. The monoisotopic (exact) mass is 498 g/mol. The van der Waals surface area contributed by atoms with Crippen molar-refractivity contribution in [2.45, 2.75) is 34.2 Å². The second-order valence-corrected chi connectivity index (χ2v) is 9.60. The van der Waals surface area contributed by atoms with Crippen molar-refractivity contribution in [1.82, 2.24) is 24.8 Å². The van der Waals surface area contributed by atoms with Crippen molar-refractivity contribution in [3.05, 3.63) is 92.9 Å². The maximum atomic E-state index is 13.0. The molecule has 0 saturated carbocycles. The van der Waals surface area contributed by atoms with Crippen LogP contribution in [0.4, 0.5) is 5.69 Å². The van der Waals surface area contributed by atoms with Crippen LogP contribution in [-0.4, -0.2) is 56.9 Å². The highest BCUT2D eigenvalue weighted by Gasteiger charge is 2.27. The van der Waals surface area contributed by atoms with Crippen molar-refractivity contribution in [3.63, 3.8) is 0 Å². The smallest absolute Gasteiger partial charge is 0.316 e. The molecule has 5 rings (SSSR count). The van der Waals surface area contributed by atoms with Crippen molar-refractivity contribution >= 4 is 11.6 Å². The topological polar surface area (TPSA) is 97.4 Å². The van der Waals surface area contributed by atoms with Crippen LogP contribution in [0.25, 0.3) is 11.3 Å². The zero-order valence-electron chi connectivity index (χ0n) is 21.6. The Balaban J connectivity index is 1.26. The fourth-order valence-electron chi connectivity index (χ4n) is 4.50. The van der Waals surface area contributed by atoms with Crippen LogP contribution in [-0.2, 0) is 6.54 Å². The third-order valence-corrected chi connectivity index (χ3v) is 6.88. The van der Waals surface area contributed by atoms with E-state index in [1.54, 1.807) is 11.0 Å². The highest BCUT2D eigenvalue weighted by molar-refractivity contribution is 5.89. The summed E-state index contributed by atoms with van der Waals surface area (Å²) in [4.78, 5) is 33.8. The van der Waals surface area contributed by atoms with Crippen LogP contribution in [0, 0.1) is 27.7 Å². The first-order valence-corrected chi connectivity index (χ1v) is 12.4. The van der Waals surface area contributed by atoms with Gasteiger partial charge >= 0.3 is 11.8 Å². The van der Waals surface area contributed by atoms with Crippen LogP contribution in [0.3, 0.4) is 0 Å². The molecule has 1 saturated heterocycles. The summed E-state index contributed by atoms with van der Waals surface area (Å²) < 4.78 is 6.56. The number of hydrogen-bond acceptors (Lipinski definition) is 7. The summed E-state index contributed by atoms with van der Waals surface area (Å²) in [6.07, 6.45) is 0. The molecule has 2 aromatic carbocycles. The molecule has 190 valence electrons. The molecule has 0 aliphatic carbocycles. The van der Waals surface area contributed by atoms with Gasteiger partial charge in [0, 0.05) is 43.5 Å². The van der Waals surface area contributed by atoms with E-state index in [2.05, 4.69) is 52.2 Å². The number of hydrogen-bond donors (Lipinski definition) is 0. The van der Waals surface area contributed by atoms with Crippen LogP contribution in [0.2, 0.25) is 0 Å². The maximum Gasteiger partial charge on any atom is 0.316 e. The van der Waals surface area contributed by atoms with Gasteiger partial charge in [-0.15, -0.1) is 0 Å². The van der Waals surface area contributed by atoms with Crippen LogP contribution < -0.4 is 10.5 Å². The van der Waals surface area contributed by atoms with Crippen LogP contribution >= 0.6 is 0 Å². The molecular weight excluding hydrogens is 468 g/mol. The molecule has 9 nitrogen and oxygen atoms in total. The molecule has 0 bridgehead atoms. The summed E-state index contributed by atoms with van der Waals surface area (Å²) >= 11 is 0.